The summed E-state index contributed by atoms with van der Waals surface area (Å²) in [5.41, 5.74) is 1.04. The van der Waals surface area contributed by atoms with E-state index in [4.69, 9.17) is 4.42 Å². The fourth-order valence-electron chi connectivity index (χ4n) is 1.58. The van der Waals surface area contributed by atoms with E-state index in [0.717, 1.165) is 11.4 Å². The average molecular weight is 259 g/mol. The maximum Gasteiger partial charge on any atom is 0.315 e. The van der Waals surface area contributed by atoms with Crippen molar-refractivity contribution in [1.82, 2.24) is 10.6 Å². The smallest absolute Gasteiger partial charge is 0.315 e. The van der Waals surface area contributed by atoms with E-state index in [1.165, 1.54) is 0 Å². The minimum Gasteiger partial charge on any atom is -0.467 e. The Morgan fingerprint density at radius 2 is 1.84 bits per heavy atom. The van der Waals surface area contributed by atoms with E-state index < -0.39 is 0 Å². The van der Waals surface area contributed by atoms with Crippen molar-refractivity contribution < 1.29 is 9.21 Å². The van der Waals surface area contributed by atoms with E-state index in [0.29, 0.717) is 19.6 Å². The predicted octanol–water partition coefficient (Wildman–Crippen LogP) is 2.19. The van der Waals surface area contributed by atoms with Gasteiger partial charge in [0.2, 0.25) is 0 Å². The molecule has 0 radical (unpaired) electrons. The van der Waals surface area contributed by atoms with Gasteiger partial charge in [0.05, 0.1) is 12.8 Å². The molecule has 0 bridgehead atoms. The highest BCUT2D eigenvalue weighted by atomic mass is 16.3. The van der Waals surface area contributed by atoms with Crippen LogP contribution in [0.5, 0.6) is 0 Å². The lowest BCUT2D eigenvalue weighted by atomic mass is 10.3. The van der Waals surface area contributed by atoms with Gasteiger partial charge < -0.3 is 20.4 Å². The SMILES string of the molecule is O=C(NCCNc1ccccc1)NCc1ccco1. The molecule has 1 aromatic heterocycles. The zero-order valence-corrected chi connectivity index (χ0v) is 10.6. The molecule has 2 amide bonds. The number of benzene rings is 1. The number of amides is 2. The van der Waals surface area contributed by atoms with E-state index in [9.17, 15) is 4.79 Å². The van der Waals surface area contributed by atoms with Crippen LogP contribution in [0.2, 0.25) is 0 Å². The summed E-state index contributed by atoms with van der Waals surface area (Å²) in [5, 5.41) is 8.68. The summed E-state index contributed by atoms with van der Waals surface area (Å²) in [7, 11) is 0. The summed E-state index contributed by atoms with van der Waals surface area (Å²) in [6.45, 7) is 1.63. The van der Waals surface area contributed by atoms with Crippen LogP contribution in [0.15, 0.2) is 53.1 Å². The van der Waals surface area contributed by atoms with Crippen molar-refractivity contribution in [2.75, 3.05) is 18.4 Å². The van der Waals surface area contributed by atoms with E-state index in [1.807, 2.05) is 36.4 Å². The first kappa shape index (κ1) is 13.0. The van der Waals surface area contributed by atoms with Gasteiger partial charge in [-0.1, -0.05) is 18.2 Å². The Kier molecular flexibility index (Phi) is 4.87. The molecule has 19 heavy (non-hydrogen) atoms. The number of nitrogens with one attached hydrogen (secondary N) is 3. The molecule has 3 N–H and O–H groups in total. The second kappa shape index (κ2) is 7.10. The van der Waals surface area contributed by atoms with Crippen molar-refractivity contribution in [2.45, 2.75) is 6.54 Å². The lowest BCUT2D eigenvalue weighted by Crippen LogP contribution is -2.37. The minimum absolute atomic E-state index is 0.203. The number of urea groups is 1. The molecule has 0 unspecified atom stereocenters. The van der Waals surface area contributed by atoms with Crippen molar-refractivity contribution in [3.63, 3.8) is 0 Å². The first-order valence-corrected chi connectivity index (χ1v) is 6.17. The summed E-state index contributed by atoms with van der Waals surface area (Å²) in [4.78, 5) is 11.5. The highest BCUT2D eigenvalue weighted by molar-refractivity contribution is 5.73. The molecular formula is C14H17N3O2. The van der Waals surface area contributed by atoms with Gasteiger partial charge >= 0.3 is 6.03 Å². The Balaban J connectivity index is 1.57. The zero-order chi connectivity index (χ0) is 13.3. The van der Waals surface area contributed by atoms with Crippen LogP contribution in [0.25, 0.3) is 0 Å². The van der Waals surface area contributed by atoms with E-state index in [2.05, 4.69) is 16.0 Å². The van der Waals surface area contributed by atoms with Crippen LogP contribution < -0.4 is 16.0 Å². The maximum atomic E-state index is 11.5. The molecule has 100 valence electrons. The third-order valence-electron chi connectivity index (χ3n) is 2.52. The molecule has 0 atom stereocenters. The predicted molar refractivity (Wildman–Crippen MR) is 73.9 cm³/mol. The van der Waals surface area contributed by atoms with Gasteiger partial charge in [0.1, 0.15) is 5.76 Å². The van der Waals surface area contributed by atoms with Gasteiger partial charge in [0.15, 0.2) is 0 Å². The van der Waals surface area contributed by atoms with Crippen molar-refractivity contribution >= 4 is 11.7 Å². The monoisotopic (exact) mass is 259 g/mol. The second-order valence-corrected chi connectivity index (χ2v) is 3.98. The van der Waals surface area contributed by atoms with Crippen LogP contribution in [-0.4, -0.2) is 19.1 Å². The van der Waals surface area contributed by atoms with Gasteiger partial charge in [0.25, 0.3) is 0 Å². The molecule has 0 saturated heterocycles. The fourth-order valence-corrected chi connectivity index (χ4v) is 1.58. The summed E-state index contributed by atoms with van der Waals surface area (Å²) in [5.74, 6) is 0.734. The Bertz CT molecular complexity index is 483. The van der Waals surface area contributed by atoms with Gasteiger partial charge in [-0.3, -0.25) is 0 Å². The second-order valence-electron chi connectivity index (χ2n) is 3.98. The molecule has 2 rings (SSSR count). The van der Waals surface area contributed by atoms with Crippen molar-refractivity contribution in [2.24, 2.45) is 0 Å². The largest absolute Gasteiger partial charge is 0.467 e. The number of hydrogen-bond acceptors (Lipinski definition) is 3. The van der Waals surface area contributed by atoms with Gasteiger partial charge in [-0.15, -0.1) is 0 Å². The van der Waals surface area contributed by atoms with Crippen LogP contribution in [0.4, 0.5) is 10.5 Å². The molecule has 0 aliphatic carbocycles. The van der Waals surface area contributed by atoms with E-state index >= 15 is 0 Å². The molecule has 0 fully saturated rings. The minimum atomic E-state index is -0.203. The highest BCUT2D eigenvalue weighted by Gasteiger charge is 2.00. The average Bonchev–Trinajstić information content (AvgIpc) is 2.96. The first-order chi connectivity index (χ1) is 9.34. The highest BCUT2D eigenvalue weighted by Crippen LogP contribution is 2.03. The number of rotatable bonds is 6. The lowest BCUT2D eigenvalue weighted by Gasteiger charge is -2.08. The summed E-state index contributed by atoms with van der Waals surface area (Å²) >= 11 is 0. The number of para-hydroxylation sites is 1. The number of carbonyl (C=O) groups excluding carboxylic acids is 1. The van der Waals surface area contributed by atoms with Crippen LogP contribution in [0, 0.1) is 0 Å². The third-order valence-corrected chi connectivity index (χ3v) is 2.52. The summed E-state index contributed by atoms with van der Waals surface area (Å²) < 4.78 is 5.11. The molecule has 1 aromatic carbocycles. The Morgan fingerprint density at radius 1 is 1.00 bits per heavy atom. The van der Waals surface area contributed by atoms with Crippen LogP contribution in [0.1, 0.15) is 5.76 Å². The summed E-state index contributed by atoms with van der Waals surface area (Å²) in [6, 6.07) is 13.3. The van der Waals surface area contributed by atoms with Crippen LogP contribution in [0.3, 0.4) is 0 Å². The topological polar surface area (TPSA) is 66.3 Å². The van der Waals surface area contributed by atoms with Crippen molar-refractivity contribution in [3.05, 3.63) is 54.5 Å². The maximum absolute atomic E-state index is 11.5. The van der Waals surface area contributed by atoms with Crippen LogP contribution >= 0.6 is 0 Å². The van der Waals surface area contributed by atoms with Gasteiger partial charge in [-0.25, -0.2) is 4.79 Å². The molecular weight excluding hydrogens is 242 g/mol. The molecule has 0 spiro atoms. The molecule has 0 aliphatic heterocycles. The lowest BCUT2D eigenvalue weighted by molar-refractivity contribution is 0.240. The number of anilines is 1. The third kappa shape index (κ3) is 4.75. The van der Waals surface area contributed by atoms with Crippen molar-refractivity contribution in [1.29, 1.82) is 0 Å². The Morgan fingerprint density at radius 3 is 2.58 bits per heavy atom. The molecule has 5 heteroatoms. The molecule has 1 heterocycles. The molecule has 2 aromatic rings. The summed E-state index contributed by atoms with van der Waals surface area (Å²) in [6.07, 6.45) is 1.58. The zero-order valence-electron chi connectivity index (χ0n) is 10.6. The quantitative estimate of drug-likeness (QED) is 0.697. The Labute approximate surface area is 112 Å². The number of carbonyl (C=O) groups is 1. The molecule has 0 saturated carbocycles. The van der Waals surface area contributed by atoms with E-state index in [-0.39, 0.29) is 6.03 Å². The van der Waals surface area contributed by atoms with E-state index in [1.54, 1.807) is 12.3 Å². The van der Waals surface area contributed by atoms with Gasteiger partial charge in [-0.2, -0.15) is 0 Å². The molecule has 0 aliphatic rings. The van der Waals surface area contributed by atoms with Gasteiger partial charge in [0, 0.05) is 18.8 Å². The normalized spacial score (nSPS) is 9.89. The first-order valence-electron chi connectivity index (χ1n) is 6.17. The standard InChI is InChI=1S/C14H17N3O2/c18-14(17-11-13-7-4-10-19-13)16-9-8-15-12-5-2-1-3-6-12/h1-7,10,15H,8-9,11H2,(H2,16,17,18). The van der Waals surface area contributed by atoms with Crippen molar-refractivity contribution in [3.8, 4) is 0 Å². The number of hydrogen-bond donors (Lipinski definition) is 3. The van der Waals surface area contributed by atoms with Crippen LogP contribution in [-0.2, 0) is 6.54 Å². The molecule has 5 nitrogen and oxygen atoms in total. The fraction of sp³-hybridized carbons (Fsp3) is 0.214. The Hall–Kier alpha value is -2.43. The van der Waals surface area contributed by atoms with Gasteiger partial charge in [-0.05, 0) is 24.3 Å². The number of furan rings is 1.